The minimum absolute atomic E-state index is 0.601. The highest BCUT2D eigenvalue weighted by molar-refractivity contribution is 7.15. The molecule has 4 nitrogen and oxygen atoms in total. The number of hydrogen-bond acceptors (Lipinski definition) is 5. The van der Waals surface area contributed by atoms with Crippen LogP contribution >= 0.6 is 11.3 Å². The average molecular weight is 300 g/mol. The molecule has 5 heteroatoms. The fourth-order valence-electron chi connectivity index (χ4n) is 3.69. The van der Waals surface area contributed by atoms with Crippen molar-refractivity contribution in [3.05, 3.63) is 40.9 Å². The number of nitrogens with one attached hydrogen (secondary N) is 1. The molecule has 1 aromatic heterocycles. The lowest BCUT2D eigenvalue weighted by atomic mass is 9.66. The lowest BCUT2D eigenvalue weighted by molar-refractivity contribution is 0.00748. The Kier molecular flexibility index (Phi) is 3.39. The van der Waals surface area contributed by atoms with Crippen molar-refractivity contribution in [3.63, 3.8) is 0 Å². The first kappa shape index (κ1) is 13.2. The molecule has 2 aliphatic heterocycles. The number of fused-ring (bicyclic) bond motifs is 2. The zero-order valence-electron chi connectivity index (χ0n) is 12.2. The molecule has 110 valence electrons. The summed E-state index contributed by atoms with van der Waals surface area (Å²) in [7, 11) is 0. The second-order valence-electron chi connectivity index (χ2n) is 6.23. The molecule has 0 spiro atoms. The van der Waals surface area contributed by atoms with Crippen molar-refractivity contribution in [2.45, 2.75) is 25.9 Å². The maximum Gasteiger partial charge on any atom is 0.205 e. The van der Waals surface area contributed by atoms with Gasteiger partial charge in [0.2, 0.25) is 5.13 Å². The monoisotopic (exact) mass is 300 g/mol. The van der Waals surface area contributed by atoms with Crippen LogP contribution in [0.5, 0.6) is 0 Å². The minimum Gasteiger partial charge on any atom is -0.357 e. The molecule has 21 heavy (non-hydrogen) atoms. The van der Waals surface area contributed by atoms with Crippen LogP contribution in [0.1, 0.15) is 17.0 Å². The first-order valence-electron chi connectivity index (χ1n) is 7.61. The fourth-order valence-corrected chi connectivity index (χ4v) is 4.33. The molecule has 2 bridgehead atoms. The van der Waals surface area contributed by atoms with Crippen LogP contribution in [0.15, 0.2) is 30.3 Å². The van der Waals surface area contributed by atoms with Crippen molar-refractivity contribution in [3.8, 4) is 0 Å². The summed E-state index contributed by atoms with van der Waals surface area (Å²) in [6.45, 7) is 5.48. The lowest BCUT2D eigenvalue weighted by Gasteiger charge is -2.53. The third-order valence-electron chi connectivity index (χ3n) is 4.67. The Morgan fingerprint density at radius 3 is 2.62 bits per heavy atom. The van der Waals surface area contributed by atoms with Crippen LogP contribution in [0.2, 0.25) is 0 Å². The van der Waals surface area contributed by atoms with Gasteiger partial charge in [-0.25, -0.2) is 0 Å². The third-order valence-corrected chi connectivity index (χ3v) is 5.44. The molecular formula is C16H20N4S. The highest BCUT2D eigenvalue weighted by Crippen LogP contribution is 2.42. The Labute approximate surface area is 129 Å². The predicted octanol–water partition coefficient (Wildman–Crippen LogP) is 2.78. The van der Waals surface area contributed by atoms with Gasteiger partial charge in [0, 0.05) is 25.7 Å². The van der Waals surface area contributed by atoms with Crippen LogP contribution < -0.4 is 5.32 Å². The van der Waals surface area contributed by atoms with Gasteiger partial charge in [0.25, 0.3) is 0 Å². The lowest BCUT2D eigenvalue weighted by Crippen LogP contribution is -2.60. The summed E-state index contributed by atoms with van der Waals surface area (Å²) < 4.78 is 0. The predicted molar refractivity (Wildman–Crippen MR) is 85.4 cm³/mol. The Morgan fingerprint density at radius 2 is 1.95 bits per heavy atom. The van der Waals surface area contributed by atoms with Crippen LogP contribution in [0.25, 0.3) is 0 Å². The van der Waals surface area contributed by atoms with E-state index in [1.54, 1.807) is 11.3 Å². The average Bonchev–Trinajstić information content (AvgIpc) is 2.91. The van der Waals surface area contributed by atoms with Crippen LogP contribution in [0, 0.1) is 18.8 Å². The molecule has 3 fully saturated rings. The van der Waals surface area contributed by atoms with Gasteiger partial charge in [0.05, 0.1) is 0 Å². The van der Waals surface area contributed by atoms with Crippen LogP contribution in [0.3, 0.4) is 0 Å². The van der Waals surface area contributed by atoms with Crippen molar-refractivity contribution in [1.29, 1.82) is 0 Å². The molecule has 2 unspecified atom stereocenters. The minimum atomic E-state index is 0.601. The van der Waals surface area contributed by atoms with Crippen LogP contribution in [-0.2, 0) is 6.54 Å². The quantitative estimate of drug-likeness (QED) is 0.942. The summed E-state index contributed by atoms with van der Waals surface area (Å²) in [6.07, 6.45) is 1.36. The molecule has 0 radical (unpaired) electrons. The number of rotatable bonds is 4. The van der Waals surface area contributed by atoms with E-state index in [1.807, 2.05) is 6.92 Å². The van der Waals surface area contributed by atoms with Gasteiger partial charge < -0.3 is 5.32 Å². The van der Waals surface area contributed by atoms with Gasteiger partial charge in [-0.3, -0.25) is 4.90 Å². The molecular weight excluding hydrogens is 280 g/mol. The zero-order chi connectivity index (χ0) is 14.2. The summed E-state index contributed by atoms with van der Waals surface area (Å²) in [5, 5.41) is 13.9. The summed E-state index contributed by atoms with van der Waals surface area (Å²) in [4.78, 5) is 2.59. The van der Waals surface area contributed by atoms with E-state index in [1.165, 1.54) is 25.1 Å². The zero-order valence-corrected chi connectivity index (χ0v) is 13.0. The van der Waals surface area contributed by atoms with Crippen molar-refractivity contribution >= 4 is 16.5 Å². The number of hydrogen-bond donors (Lipinski definition) is 1. The fraction of sp³-hybridized carbons (Fsp3) is 0.500. The van der Waals surface area contributed by atoms with E-state index >= 15 is 0 Å². The first-order chi connectivity index (χ1) is 10.3. The number of piperidine rings is 2. The molecule has 2 atom stereocenters. The summed E-state index contributed by atoms with van der Waals surface area (Å²) in [5.41, 5.74) is 1.42. The maximum absolute atomic E-state index is 4.20. The third kappa shape index (κ3) is 2.68. The highest BCUT2D eigenvalue weighted by Gasteiger charge is 2.46. The first-order valence-corrected chi connectivity index (χ1v) is 8.42. The van der Waals surface area contributed by atoms with Crippen molar-refractivity contribution in [2.75, 3.05) is 18.4 Å². The largest absolute Gasteiger partial charge is 0.357 e. The molecule has 1 N–H and O–H groups in total. The Bertz CT molecular complexity index is 600. The van der Waals surface area contributed by atoms with E-state index in [0.29, 0.717) is 6.04 Å². The molecule has 1 saturated carbocycles. The molecule has 3 aliphatic rings. The summed E-state index contributed by atoms with van der Waals surface area (Å²) in [6, 6.07) is 11.4. The van der Waals surface area contributed by atoms with E-state index in [9.17, 15) is 0 Å². The Hall–Kier alpha value is -1.46. The van der Waals surface area contributed by atoms with Gasteiger partial charge in [-0.2, -0.15) is 0 Å². The van der Waals surface area contributed by atoms with Crippen LogP contribution in [0.4, 0.5) is 5.13 Å². The van der Waals surface area contributed by atoms with Crippen LogP contribution in [-0.4, -0.2) is 34.2 Å². The summed E-state index contributed by atoms with van der Waals surface area (Å²) >= 11 is 1.66. The van der Waals surface area contributed by atoms with E-state index in [-0.39, 0.29) is 0 Å². The van der Waals surface area contributed by atoms with E-state index < -0.39 is 0 Å². The molecule has 2 saturated heterocycles. The van der Waals surface area contributed by atoms with Crippen molar-refractivity contribution in [2.24, 2.45) is 11.8 Å². The van der Waals surface area contributed by atoms with E-state index in [0.717, 1.165) is 28.5 Å². The van der Waals surface area contributed by atoms with Gasteiger partial charge in [-0.05, 0) is 30.7 Å². The number of aromatic nitrogens is 2. The SMILES string of the molecule is Cc1nnc(NC2C3CC2CN(Cc2ccccc2)C3)s1. The van der Waals surface area contributed by atoms with E-state index in [4.69, 9.17) is 0 Å². The molecule has 1 aliphatic carbocycles. The Balaban J connectivity index is 1.35. The van der Waals surface area contributed by atoms with Gasteiger partial charge in [-0.1, -0.05) is 41.7 Å². The van der Waals surface area contributed by atoms with Gasteiger partial charge in [-0.15, -0.1) is 10.2 Å². The number of anilines is 1. The topological polar surface area (TPSA) is 41.1 Å². The number of benzene rings is 1. The standard InChI is InChI=1S/C16H20N4S/c1-11-18-19-16(21-11)17-15-13-7-14(15)10-20(9-13)8-12-5-3-2-4-6-12/h2-6,13-15H,7-10H2,1H3,(H,17,19). The highest BCUT2D eigenvalue weighted by atomic mass is 32.1. The maximum atomic E-state index is 4.20. The Morgan fingerprint density at radius 1 is 1.19 bits per heavy atom. The summed E-state index contributed by atoms with van der Waals surface area (Å²) in [5.74, 6) is 1.52. The second kappa shape index (κ2) is 5.39. The number of aryl methyl sites for hydroxylation is 1. The number of nitrogens with zero attached hydrogens (tertiary/aromatic N) is 3. The smallest absolute Gasteiger partial charge is 0.205 e. The van der Waals surface area contributed by atoms with Gasteiger partial charge in [0.1, 0.15) is 5.01 Å². The molecule has 1 aromatic carbocycles. The van der Waals surface area contributed by atoms with E-state index in [2.05, 4.69) is 50.7 Å². The van der Waals surface area contributed by atoms with Gasteiger partial charge >= 0.3 is 0 Å². The second-order valence-corrected chi connectivity index (χ2v) is 7.41. The normalized spacial score (nSPS) is 28.1. The molecule has 5 rings (SSSR count). The van der Waals surface area contributed by atoms with Gasteiger partial charge in [0.15, 0.2) is 0 Å². The molecule has 3 heterocycles. The molecule has 2 aromatic rings. The van der Waals surface area contributed by atoms with Crippen molar-refractivity contribution < 1.29 is 0 Å². The van der Waals surface area contributed by atoms with Crippen molar-refractivity contribution in [1.82, 2.24) is 15.1 Å². The molecule has 0 amide bonds.